The number of carbonyl (C=O) groups excluding carboxylic acids is 3. The average molecular weight is 413 g/mol. The average Bonchev–Trinajstić information content (AvgIpc) is 2.62. The number of hydrogen-bond acceptors (Lipinski definition) is 3. The minimum absolute atomic E-state index is 0.00430. The number of ketones is 1. The third-order valence-corrected chi connectivity index (χ3v) is 5.47. The quantitative estimate of drug-likeness (QED) is 0.743. The van der Waals surface area contributed by atoms with Crippen molar-refractivity contribution in [3.05, 3.63) is 33.8 Å². The number of rotatable bonds is 5. The number of hydrogen-bond donors (Lipinski definition) is 1. The van der Waals surface area contributed by atoms with Gasteiger partial charge in [0.05, 0.1) is 10.0 Å². The van der Waals surface area contributed by atoms with Gasteiger partial charge in [0.1, 0.15) is 0 Å². The summed E-state index contributed by atoms with van der Waals surface area (Å²) in [7, 11) is 0. The maximum atomic E-state index is 12.6. The van der Waals surface area contributed by atoms with Crippen molar-refractivity contribution in [3.63, 3.8) is 0 Å². The highest BCUT2D eigenvalue weighted by Gasteiger charge is 2.28. The molecule has 0 saturated carbocycles. The van der Waals surface area contributed by atoms with Crippen LogP contribution in [-0.4, -0.2) is 42.1 Å². The Morgan fingerprint density at radius 2 is 1.74 bits per heavy atom. The predicted molar refractivity (Wildman–Crippen MR) is 107 cm³/mol. The van der Waals surface area contributed by atoms with Gasteiger partial charge in [0.25, 0.3) is 0 Å². The molecule has 7 heteroatoms. The van der Waals surface area contributed by atoms with Crippen molar-refractivity contribution in [1.29, 1.82) is 0 Å². The molecule has 0 spiro atoms. The Morgan fingerprint density at radius 1 is 1.11 bits per heavy atom. The fourth-order valence-electron chi connectivity index (χ4n) is 2.98. The van der Waals surface area contributed by atoms with Crippen LogP contribution in [0.25, 0.3) is 0 Å². The number of carbonyl (C=O) groups is 3. The summed E-state index contributed by atoms with van der Waals surface area (Å²) in [5.41, 5.74) is 0.0887. The molecule has 0 aromatic heterocycles. The molecule has 27 heavy (non-hydrogen) atoms. The van der Waals surface area contributed by atoms with Crippen LogP contribution in [0, 0.1) is 11.3 Å². The van der Waals surface area contributed by atoms with Gasteiger partial charge in [-0.3, -0.25) is 14.4 Å². The molecule has 1 saturated heterocycles. The number of halogens is 2. The standard InChI is InChI=1S/C20H26Cl2N2O3/c1-20(2,3)19(27)23-9-6-17(25)24-10-7-13(8-11-24)18(26)14-4-5-15(21)16(22)12-14/h4-5,12-13H,6-11H2,1-3H3,(H,23,27). The van der Waals surface area contributed by atoms with Crippen LogP contribution in [0.3, 0.4) is 0 Å². The minimum Gasteiger partial charge on any atom is -0.355 e. The zero-order chi connectivity index (χ0) is 20.2. The van der Waals surface area contributed by atoms with Gasteiger partial charge in [0.2, 0.25) is 11.8 Å². The van der Waals surface area contributed by atoms with E-state index in [2.05, 4.69) is 5.32 Å². The molecular formula is C20H26Cl2N2O3. The summed E-state index contributed by atoms with van der Waals surface area (Å²) < 4.78 is 0. The SMILES string of the molecule is CC(C)(C)C(=O)NCCC(=O)N1CCC(C(=O)c2ccc(Cl)c(Cl)c2)CC1. The number of amides is 2. The Labute approximate surface area is 170 Å². The Morgan fingerprint density at radius 3 is 2.30 bits per heavy atom. The molecule has 1 N–H and O–H groups in total. The van der Waals surface area contributed by atoms with Gasteiger partial charge in [-0.25, -0.2) is 0 Å². The molecule has 148 valence electrons. The maximum Gasteiger partial charge on any atom is 0.225 e. The van der Waals surface area contributed by atoms with E-state index >= 15 is 0 Å². The maximum absolute atomic E-state index is 12.6. The Balaban J connectivity index is 1.80. The highest BCUT2D eigenvalue weighted by atomic mass is 35.5. The molecule has 0 aliphatic carbocycles. The molecule has 0 atom stereocenters. The van der Waals surface area contributed by atoms with Gasteiger partial charge >= 0.3 is 0 Å². The lowest BCUT2D eigenvalue weighted by Crippen LogP contribution is -2.42. The van der Waals surface area contributed by atoms with Crippen LogP contribution in [0.2, 0.25) is 10.0 Å². The lowest BCUT2D eigenvalue weighted by molar-refractivity contribution is -0.132. The summed E-state index contributed by atoms with van der Waals surface area (Å²) >= 11 is 11.9. The van der Waals surface area contributed by atoms with Gasteiger partial charge < -0.3 is 10.2 Å². The second-order valence-electron chi connectivity index (χ2n) is 7.90. The van der Waals surface area contributed by atoms with Gasteiger partial charge in [-0.1, -0.05) is 44.0 Å². The van der Waals surface area contributed by atoms with E-state index in [0.29, 0.717) is 48.1 Å². The van der Waals surface area contributed by atoms with Gasteiger partial charge in [0.15, 0.2) is 5.78 Å². The van der Waals surface area contributed by atoms with Gasteiger partial charge in [0, 0.05) is 43.0 Å². The van der Waals surface area contributed by atoms with E-state index in [1.165, 1.54) is 0 Å². The Bertz CT molecular complexity index is 720. The van der Waals surface area contributed by atoms with Crippen LogP contribution in [0.4, 0.5) is 0 Å². The predicted octanol–water partition coefficient (Wildman–Crippen LogP) is 3.97. The molecular weight excluding hydrogens is 387 g/mol. The van der Waals surface area contributed by atoms with Crippen LogP contribution in [0.5, 0.6) is 0 Å². The summed E-state index contributed by atoms with van der Waals surface area (Å²) in [6, 6.07) is 4.91. The molecule has 1 aliphatic rings. The normalized spacial score (nSPS) is 15.5. The van der Waals surface area contributed by atoms with E-state index in [1.807, 2.05) is 20.8 Å². The number of piperidine rings is 1. The summed E-state index contributed by atoms with van der Waals surface area (Å²) in [6.45, 7) is 6.92. The van der Waals surface area contributed by atoms with Crippen molar-refractivity contribution < 1.29 is 14.4 Å². The van der Waals surface area contributed by atoms with E-state index in [9.17, 15) is 14.4 Å². The zero-order valence-corrected chi connectivity index (χ0v) is 17.5. The van der Waals surface area contributed by atoms with E-state index in [-0.39, 0.29) is 29.9 Å². The Kier molecular flexibility index (Phi) is 7.29. The first-order valence-electron chi connectivity index (χ1n) is 9.15. The van der Waals surface area contributed by atoms with Gasteiger partial charge in [-0.2, -0.15) is 0 Å². The van der Waals surface area contributed by atoms with Gasteiger partial charge in [-0.05, 0) is 31.0 Å². The highest BCUT2D eigenvalue weighted by molar-refractivity contribution is 6.42. The van der Waals surface area contributed by atoms with E-state index in [0.717, 1.165) is 0 Å². The number of benzene rings is 1. The molecule has 0 bridgehead atoms. The smallest absolute Gasteiger partial charge is 0.225 e. The van der Waals surface area contributed by atoms with Crippen molar-refractivity contribution in [2.45, 2.75) is 40.0 Å². The monoisotopic (exact) mass is 412 g/mol. The first-order chi connectivity index (χ1) is 12.6. The highest BCUT2D eigenvalue weighted by Crippen LogP contribution is 2.27. The summed E-state index contributed by atoms with van der Waals surface area (Å²) in [6.07, 6.45) is 1.52. The van der Waals surface area contributed by atoms with Crippen molar-refractivity contribution in [3.8, 4) is 0 Å². The summed E-state index contributed by atoms with van der Waals surface area (Å²) in [5.74, 6) is -0.143. The second kappa shape index (κ2) is 9.07. The fraction of sp³-hybridized carbons (Fsp3) is 0.550. The number of nitrogens with one attached hydrogen (secondary N) is 1. The van der Waals surface area contributed by atoms with Crippen LogP contribution < -0.4 is 5.32 Å². The lowest BCUT2D eigenvalue weighted by atomic mass is 9.89. The van der Waals surface area contributed by atoms with E-state index in [1.54, 1.807) is 23.1 Å². The van der Waals surface area contributed by atoms with Crippen LogP contribution in [0.1, 0.15) is 50.4 Å². The second-order valence-corrected chi connectivity index (χ2v) is 8.72. The molecule has 0 unspecified atom stereocenters. The molecule has 1 aromatic rings. The molecule has 2 amide bonds. The molecule has 1 aromatic carbocycles. The molecule has 1 aliphatic heterocycles. The third-order valence-electron chi connectivity index (χ3n) is 4.73. The lowest BCUT2D eigenvalue weighted by Gasteiger charge is -2.31. The molecule has 2 rings (SSSR count). The largest absolute Gasteiger partial charge is 0.355 e. The topological polar surface area (TPSA) is 66.5 Å². The van der Waals surface area contributed by atoms with Crippen molar-refractivity contribution in [2.75, 3.05) is 19.6 Å². The summed E-state index contributed by atoms with van der Waals surface area (Å²) in [4.78, 5) is 38.5. The zero-order valence-electron chi connectivity index (χ0n) is 16.0. The van der Waals surface area contributed by atoms with Crippen LogP contribution in [-0.2, 0) is 9.59 Å². The first-order valence-corrected chi connectivity index (χ1v) is 9.90. The first kappa shape index (κ1) is 21.7. The number of nitrogens with zero attached hydrogens (tertiary/aromatic N) is 1. The van der Waals surface area contributed by atoms with E-state index in [4.69, 9.17) is 23.2 Å². The molecule has 0 radical (unpaired) electrons. The van der Waals surface area contributed by atoms with Gasteiger partial charge in [-0.15, -0.1) is 0 Å². The number of Topliss-reactive ketones (excluding diaryl/α,β-unsaturated/α-hetero) is 1. The summed E-state index contributed by atoms with van der Waals surface area (Å²) in [5, 5.41) is 3.58. The molecule has 5 nitrogen and oxygen atoms in total. The fourth-order valence-corrected chi connectivity index (χ4v) is 3.28. The third kappa shape index (κ3) is 5.94. The molecule has 1 heterocycles. The van der Waals surface area contributed by atoms with Crippen LogP contribution >= 0.6 is 23.2 Å². The molecule has 1 fully saturated rings. The minimum atomic E-state index is -0.466. The van der Waals surface area contributed by atoms with Crippen LogP contribution in [0.15, 0.2) is 18.2 Å². The van der Waals surface area contributed by atoms with E-state index < -0.39 is 5.41 Å². The van der Waals surface area contributed by atoms with Crippen molar-refractivity contribution in [1.82, 2.24) is 10.2 Å². The van der Waals surface area contributed by atoms with Crippen molar-refractivity contribution in [2.24, 2.45) is 11.3 Å². The number of likely N-dealkylation sites (tertiary alicyclic amines) is 1. The Hall–Kier alpha value is -1.59. The van der Waals surface area contributed by atoms with Crippen molar-refractivity contribution >= 4 is 40.8 Å².